The van der Waals surface area contributed by atoms with Crippen LogP contribution in [-0.4, -0.2) is 31.4 Å². The van der Waals surface area contributed by atoms with Crippen LogP contribution in [0.3, 0.4) is 0 Å². The summed E-state index contributed by atoms with van der Waals surface area (Å²) in [6, 6.07) is 7.75. The number of para-hydroxylation sites is 1. The van der Waals surface area contributed by atoms with Crippen LogP contribution < -0.4 is 11.1 Å². The van der Waals surface area contributed by atoms with Gasteiger partial charge in [0.05, 0.1) is 16.0 Å². The van der Waals surface area contributed by atoms with E-state index in [1.807, 2.05) is 24.3 Å². The van der Waals surface area contributed by atoms with E-state index in [1.54, 1.807) is 11.6 Å². The molecule has 2 heterocycles. The Kier molecular flexibility index (Phi) is 3.76. The summed E-state index contributed by atoms with van der Waals surface area (Å²) in [7, 11) is 1.75. The van der Waals surface area contributed by atoms with Crippen LogP contribution in [0.1, 0.15) is 0 Å². The monoisotopic (exact) mass is 320 g/mol. The van der Waals surface area contributed by atoms with E-state index in [1.165, 1.54) is 23.1 Å². The van der Waals surface area contributed by atoms with Gasteiger partial charge in [0.2, 0.25) is 11.9 Å². The molecule has 0 fully saturated rings. The molecule has 0 unspecified atom stereocenters. The Hall–Kier alpha value is -2.13. The van der Waals surface area contributed by atoms with Crippen LogP contribution in [0.15, 0.2) is 29.4 Å². The molecule has 3 rings (SSSR count). The Balaban J connectivity index is 1.62. The number of hydrogen-bond acceptors (Lipinski definition) is 7. The summed E-state index contributed by atoms with van der Waals surface area (Å²) in [5.41, 5.74) is 6.46. The number of thiazole rings is 1. The highest BCUT2D eigenvalue weighted by atomic mass is 32.2. The molecule has 7 nitrogen and oxygen atoms in total. The summed E-state index contributed by atoms with van der Waals surface area (Å²) in [5, 5.41) is 11.6. The normalized spacial score (nSPS) is 10.9. The van der Waals surface area contributed by atoms with E-state index in [4.69, 9.17) is 5.73 Å². The summed E-state index contributed by atoms with van der Waals surface area (Å²) >= 11 is 2.73. The molecule has 3 aromatic rings. The van der Waals surface area contributed by atoms with E-state index < -0.39 is 0 Å². The number of rotatable bonds is 4. The molecule has 21 heavy (non-hydrogen) atoms. The van der Waals surface area contributed by atoms with Gasteiger partial charge in [0.15, 0.2) is 10.3 Å². The highest BCUT2D eigenvalue weighted by molar-refractivity contribution is 7.99. The number of thioether (sulfide) groups is 1. The summed E-state index contributed by atoms with van der Waals surface area (Å²) in [6.07, 6.45) is 0. The number of hydrogen-bond donors (Lipinski definition) is 2. The molecule has 9 heteroatoms. The van der Waals surface area contributed by atoms with Gasteiger partial charge < -0.3 is 11.1 Å². The molecule has 0 spiro atoms. The predicted molar refractivity (Wildman–Crippen MR) is 84.4 cm³/mol. The van der Waals surface area contributed by atoms with Crippen LogP contribution in [0.5, 0.6) is 0 Å². The molecule has 1 aromatic carbocycles. The van der Waals surface area contributed by atoms with Gasteiger partial charge in [-0.05, 0) is 12.1 Å². The van der Waals surface area contributed by atoms with Gasteiger partial charge in [-0.2, -0.15) is 0 Å². The summed E-state index contributed by atoms with van der Waals surface area (Å²) in [4.78, 5) is 16.3. The third-order valence-corrected chi connectivity index (χ3v) is 4.71. The average Bonchev–Trinajstić information content (AvgIpc) is 3.01. The lowest BCUT2D eigenvalue weighted by molar-refractivity contribution is -0.113. The van der Waals surface area contributed by atoms with Crippen LogP contribution in [0.4, 0.5) is 11.1 Å². The molecule has 2 aromatic heterocycles. The van der Waals surface area contributed by atoms with Crippen molar-refractivity contribution in [2.75, 3.05) is 16.8 Å². The van der Waals surface area contributed by atoms with Gasteiger partial charge in [0, 0.05) is 7.05 Å². The zero-order valence-corrected chi connectivity index (χ0v) is 12.7. The summed E-state index contributed by atoms with van der Waals surface area (Å²) in [6.45, 7) is 0. The Labute approximate surface area is 128 Å². The molecular formula is C12H12N6OS2. The van der Waals surface area contributed by atoms with E-state index in [0.717, 1.165) is 10.2 Å². The van der Waals surface area contributed by atoms with E-state index in [0.29, 0.717) is 16.2 Å². The van der Waals surface area contributed by atoms with Crippen molar-refractivity contribution in [1.29, 1.82) is 0 Å². The number of anilines is 2. The van der Waals surface area contributed by atoms with E-state index in [2.05, 4.69) is 20.5 Å². The van der Waals surface area contributed by atoms with Crippen LogP contribution in [0.2, 0.25) is 0 Å². The lowest BCUT2D eigenvalue weighted by atomic mass is 10.3. The van der Waals surface area contributed by atoms with Crippen molar-refractivity contribution in [3.63, 3.8) is 0 Å². The molecule has 0 saturated carbocycles. The number of aromatic nitrogens is 4. The van der Waals surface area contributed by atoms with E-state index in [9.17, 15) is 4.79 Å². The third-order valence-electron chi connectivity index (χ3n) is 2.74. The number of nitrogens with two attached hydrogens (primary N) is 1. The molecule has 3 N–H and O–H groups in total. The third kappa shape index (κ3) is 2.98. The van der Waals surface area contributed by atoms with Gasteiger partial charge in [0.25, 0.3) is 0 Å². The molecule has 0 bridgehead atoms. The summed E-state index contributed by atoms with van der Waals surface area (Å²) in [5.74, 6) is 0.409. The largest absolute Gasteiger partial charge is 0.368 e. The smallest absolute Gasteiger partial charge is 0.236 e. The van der Waals surface area contributed by atoms with Crippen LogP contribution >= 0.6 is 23.1 Å². The minimum Gasteiger partial charge on any atom is -0.368 e. The number of fused-ring (bicyclic) bond motifs is 1. The molecule has 0 saturated heterocycles. The number of nitrogen functional groups attached to an aromatic ring is 1. The van der Waals surface area contributed by atoms with Gasteiger partial charge in [-0.15, -0.1) is 10.2 Å². The lowest BCUT2D eigenvalue weighted by Crippen LogP contribution is -2.14. The fourth-order valence-electron chi connectivity index (χ4n) is 1.66. The maximum atomic E-state index is 11.9. The molecule has 0 aliphatic carbocycles. The molecule has 0 aliphatic rings. The maximum Gasteiger partial charge on any atom is 0.236 e. The maximum absolute atomic E-state index is 11.9. The lowest BCUT2D eigenvalue weighted by Gasteiger charge is -2.01. The first-order valence-corrected chi connectivity index (χ1v) is 7.87. The molecule has 0 atom stereocenters. The van der Waals surface area contributed by atoms with Crippen molar-refractivity contribution in [1.82, 2.24) is 19.7 Å². The Bertz CT molecular complexity index is 763. The number of nitrogens with zero attached hydrogens (tertiary/aromatic N) is 4. The van der Waals surface area contributed by atoms with Crippen LogP contribution in [0, 0.1) is 0 Å². The second-order valence-corrected chi connectivity index (χ2v) is 6.20. The van der Waals surface area contributed by atoms with Gasteiger partial charge in [0.1, 0.15) is 0 Å². The fraction of sp³-hybridized carbons (Fsp3) is 0.167. The first-order valence-electron chi connectivity index (χ1n) is 6.06. The Morgan fingerprint density at radius 1 is 1.43 bits per heavy atom. The van der Waals surface area contributed by atoms with Crippen molar-refractivity contribution in [3.05, 3.63) is 24.3 Å². The predicted octanol–water partition coefficient (Wildman–Crippen LogP) is 1.74. The van der Waals surface area contributed by atoms with Crippen LogP contribution in [-0.2, 0) is 11.8 Å². The van der Waals surface area contributed by atoms with Gasteiger partial charge in [-0.25, -0.2) is 4.98 Å². The Morgan fingerprint density at radius 2 is 2.24 bits per heavy atom. The first-order chi connectivity index (χ1) is 10.1. The van der Waals surface area contributed by atoms with Crippen molar-refractivity contribution < 1.29 is 4.79 Å². The number of amides is 1. The zero-order valence-electron chi connectivity index (χ0n) is 11.1. The second kappa shape index (κ2) is 5.70. The average molecular weight is 320 g/mol. The number of carbonyl (C=O) groups excluding carboxylic acids is 1. The number of nitrogens with one attached hydrogen (secondary N) is 1. The van der Waals surface area contributed by atoms with Crippen molar-refractivity contribution in [3.8, 4) is 0 Å². The van der Waals surface area contributed by atoms with Gasteiger partial charge in [-0.3, -0.25) is 9.36 Å². The highest BCUT2D eigenvalue weighted by Gasteiger charge is 2.11. The Morgan fingerprint density at radius 3 is 2.95 bits per heavy atom. The first kappa shape index (κ1) is 13.8. The second-order valence-electron chi connectivity index (χ2n) is 4.22. The quantitative estimate of drug-likeness (QED) is 0.710. The summed E-state index contributed by atoms with van der Waals surface area (Å²) < 4.78 is 2.68. The highest BCUT2D eigenvalue weighted by Crippen LogP contribution is 2.25. The number of benzene rings is 1. The molecule has 108 valence electrons. The van der Waals surface area contributed by atoms with E-state index in [-0.39, 0.29) is 11.7 Å². The molecule has 0 aliphatic heterocycles. The molecule has 1 amide bonds. The van der Waals surface area contributed by atoms with Crippen molar-refractivity contribution >= 4 is 50.3 Å². The standard InChI is InChI=1S/C12H12N6OS2/c1-18-10(13)16-17-12(18)20-6-9(19)15-11-14-7-4-2-3-5-8(7)21-11/h2-5H,6H2,1H3,(H2,13,16)(H,14,15,19). The topological polar surface area (TPSA) is 98.7 Å². The van der Waals surface area contributed by atoms with Crippen molar-refractivity contribution in [2.45, 2.75) is 5.16 Å². The SMILES string of the molecule is Cn1c(N)nnc1SCC(=O)Nc1nc2ccccc2s1. The molecule has 0 radical (unpaired) electrons. The van der Waals surface area contributed by atoms with Gasteiger partial charge >= 0.3 is 0 Å². The minimum absolute atomic E-state index is 0.138. The van der Waals surface area contributed by atoms with Gasteiger partial charge in [-0.1, -0.05) is 35.2 Å². The molecular weight excluding hydrogens is 308 g/mol. The zero-order chi connectivity index (χ0) is 14.8. The number of carbonyl (C=O) groups is 1. The van der Waals surface area contributed by atoms with Crippen LogP contribution in [0.25, 0.3) is 10.2 Å². The van der Waals surface area contributed by atoms with Crippen molar-refractivity contribution in [2.24, 2.45) is 7.05 Å². The minimum atomic E-state index is -0.138. The fourth-order valence-corrected chi connectivity index (χ4v) is 3.26. The van der Waals surface area contributed by atoms with E-state index >= 15 is 0 Å².